The molecule has 104 valence electrons. The van der Waals surface area contributed by atoms with Crippen LogP contribution in [0.1, 0.15) is 0 Å². The number of nitro benzene ring substituents is 1. The smallest absolute Gasteiger partial charge is 0.275 e. The van der Waals surface area contributed by atoms with Gasteiger partial charge < -0.3 is 20.1 Å². The summed E-state index contributed by atoms with van der Waals surface area (Å²) in [7, 11) is 3.14. The second kappa shape index (κ2) is 5.85. The average molecular weight is 267 g/mol. The standard InChI is InChI=1S/C12H17N3O4/c1-18-10-4-8(3-9(5-10)15(16)17)14-11-6-13-7-12(11)19-2/h3-5,11-14H,6-7H2,1-2H3/t11?,12-/m0/s1. The highest BCUT2D eigenvalue weighted by Gasteiger charge is 2.27. The van der Waals surface area contributed by atoms with E-state index in [4.69, 9.17) is 9.47 Å². The number of nitrogens with one attached hydrogen (secondary N) is 2. The number of hydrogen-bond acceptors (Lipinski definition) is 6. The van der Waals surface area contributed by atoms with E-state index in [9.17, 15) is 10.1 Å². The number of anilines is 1. The van der Waals surface area contributed by atoms with Gasteiger partial charge in [0.1, 0.15) is 5.75 Å². The first-order chi connectivity index (χ1) is 9.13. The van der Waals surface area contributed by atoms with Crippen molar-refractivity contribution in [1.82, 2.24) is 5.32 Å². The lowest BCUT2D eigenvalue weighted by Crippen LogP contribution is -2.33. The van der Waals surface area contributed by atoms with Crippen LogP contribution in [0.3, 0.4) is 0 Å². The Balaban J connectivity index is 2.19. The first-order valence-corrected chi connectivity index (χ1v) is 5.97. The van der Waals surface area contributed by atoms with Crippen LogP contribution in [0.15, 0.2) is 18.2 Å². The average Bonchev–Trinajstić information content (AvgIpc) is 2.85. The number of nitro groups is 1. The first kappa shape index (κ1) is 13.6. The highest BCUT2D eigenvalue weighted by atomic mass is 16.6. The van der Waals surface area contributed by atoms with Gasteiger partial charge in [-0.15, -0.1) is 0 Å². The summed E-state index contributed by atoms with van der Waals surface area (Å²) in [5, 5.41) is 17.3. The zero-order chi connectivity index (χ0) is 13.8. The van der Waals surface area contributed by atoms with Crippen LogP contribution in [0.5, 0.6) is 5.75 Å². The fraction of sp³-hybridized carbons (Fsp3) is 0.500. The molecule has 0 aromatic heterocycles. The Morgan fingerprint density at radius 1 is 1.37 bits per heavy atom. The number of hydrogen-bond donors (Lipinski definition) is 2. The molecule has 1 aromatic rings. The maximum Gasteiger partial charge on any atom is 0.275 e. The van der Waals surface area contributed by atoms with Crippen molar-refractivity contribution in [3.8, 4) is 5.75 Å². The Kier molecular flexibility index (Phi) is 4.18. The fourth-order valence-corrected chi connectivity index (χ4v) is 2.15. The third-order valence-corrected chi connectivity index (χ3v) is 3.15. The zero-order valence-corrected chi connectivity index (χ0v) is 10.9. The van der Waals surface area contributed by atoms with Crippen molar-refractivity contribution in [3.05, 3.63) is 28.3 Å². The van der Waals surface area contributed by atoms with Gasteiger partial charge in [0.15, 0.2) is 0 Å². The lowest BCUT2D eigenvalue weighted by molar-refractivity contribution is -0.384. The lowest BCUT2D eigenvalue weighted by atomic mass is 10.2. The fourth-order valence-electron chi connectivity index (χ4n) is 2.15. The molecule has 0 radical (unpaired) electrons. The van der Waals surface area contributed by atoms with Gasteiger partial charge in [-0.05, 0) is 0 Å². The van der Waals surface area contributed by atoms with Crippen molar-refractivity contribution in [2.75, 3.05) is 32.6 Å². The molecule has 1 heterocycles. The summed E-state index contributed by atoms with van der Waals surface area (Å²) in [6, 6.07) is 4.70. The molecular formula is C12H17N3O4. The van der Waals surface area contributed by atoms with Crippen LogP contribution in [0.2, 0.25) is 0 Å². The summed E-state index contributed by atoms with van der Waals surface area (Å²) < 4.78 is 10.4. The topological polar surface area (TPSA) is 85.7 Å². The summed E-state index contributed by atoms with van der Waals surface area (Å²) >= 11 is 0. The van der Waals surface area contributed by atoms with Gasteiger partial charge in [0, 0.05) is 38.0 Å². The molecule has 1 aliphatic rings. The highest BCUT2D eigenvalue weighted by Crippen LogP contribution is 2.26. The number of rotatable bonds is 5. The van der Waals surface area contributed by atoms with Crippen LogP contribution in [0, 0.1) is 10.1 Å². The molecule has 2 rings (SSSR count). The van der Waals surface area contributed by atoms with Gasteiger partial charge >= 0.3 is 0 Å². The number of ether oxygens (including phenoxy) is 2. The number of non-ortho nitro benzene ring substituents is 1. The van der Waals surface area contributed by atoms with E-state index in [0.29, 0.717) is 11.4 Å². The Morgan fingerprint density at radius 2 is 2.16 bits per heavy atom. The predicted octanol–water partition coefficient (Wildman–Crippen LogP) is 1.00. The third kappa shape index (κ3) is 3.12. The highest BCUT2D eigenvalue weighted by molar-refractivity contribution is 5.57. The van der Waals surface area contributed by atoms with Crippen molar-refractivity contribution >= 4 is 11.4 Å². The largest absolute Gasteiger partial charge is 0.496 e. The quantitative estimate of drug-likeness (QED) is 0.611. The molecule has 1 aliphatic heterocycles. The SMILES string of the molecule is COc1cc(NC2CNC[C@@H]2OC)cc([N+](=O)[O-])c1. The molecule has 7 nitrogen and oxygen atoms in total. The van der Waals surface area contributed by atoms with Crippen molar-refractivity contribution < 1.29 is 14.4 Å². The number of nitrogens with zero attached hydrogens (tertiary/aromatic N) is 1. The Morgan fingerprint density at radius 3 is 2.79 bits per heavy atom. The minimum absolute atomic E-state index is 0.00164. The van der Waals surface area contributed by atoms with Crippen molar-refractivity contribution in [3.63, 3.8) is 0 Å². The lowest BCUT2D eigenvalue weighted by Gasteiger charge is -2.20. The van der Waals surface area contributed by atoms with E-state index in [1.54, 1.807) is 13.2 Å². The van der Waals surface area contributed by atoms with Crippen LogP contribution < -0.4 is 15.4 Å². The summed E-state index contributed by atoms with van der Waals surface area (Å²) in [4.78, 5) is 10.4. The second-order valence-corrected chi connectivity index (χ2v) is 4.36. The molecule has 2 N–H and O–H groups in total. The summed E-state index contributed by atoms with van der Waals surface area (Å²) in [6.45, 7) is 1.52. The minimum Gasteiger partial charge on any atom is -0.496 e. The Labute approximate surface area is 111 Å². The molecule has 1 unspecified atom stereocenters. The van der Waals surface area contributed by atoms with Crippen molar-refractivity contribution in [1.29, 1.82) is 0 Å². The van der Waals surface area contributed by atoms with Crippen LogP contribution >= 0.6 is 0 Å². The summed E-state index contributed by atoms with van der Waals surface area (Å²) in [5.41, 5.74) is 0.656. The van der Waals surface area contributed by atoms with Crippen LogP contribution in [0.25, 0.3) is 0 Å². The van der Waals surface area contributed by atoms with Gasteiger partial charge in [-0.25, -0.2) is 0 Å². The second-order valence-electron chi connectivity index (χ2n) is 4.36. The van der Waals surface area contributed by atoms with E-state index in [1.165, 1.54) is 19.2 Å². The molecule has 0 amide bonds. The summed E-state index contributed by atoms with van der Waals surface area (Å²) in [5.74, 6) is 0.455. The van der Waals surface area contributed by atoms with E-state index in [1.807, 2.05) is 0 Å². The van der Waals surface area contributed by atoms with Gasteiger partial charge in [-0.2, -0.15) is 0 Å². The molecule has 1 fully saturated rings. The summed E-state index contributed by atoms with van der Waals surface area (Å²) in [6.07, 6.45) is 0.0465. The molecular weight excluding hydrogens is 250 g/mol. The molecule has 7 heteroatoms. The van der Waals surface area contributed by atoms with Crippen LogP contribution in [-0.2, 0) is 4.74 Å². The molecule has 0 aliphatic carbocycles. The molecule has 19 heavy (non-hydrogen) atoms. The molecule has 0 spiro atoms. The molecule has 2 atom stereocenters. The maximum absolute atomic E-state index is 10.9. The van der Waals surface area contributed by atoms with E-state index in [0.717, 1.165) is 13.1 Å². The minimum atomic E-state index is -0.436. The molecule has 0 saturated carbocycles. The zero-order valence-electron chi connectivity index (χ0n) is 10.9. The van der Waals surface area contributed by atoms with Crippen molar-refractivity contribution in [2.24, 2.45) is 0 Å². The Bertz CT molecular complexity index is 466. The molecule has 1 aromatic carbocycles. The van der Waals surface area contributed by atoms with Gasteiger partial charge in [0.25, 0.3) is 5.69 Å². The molecule has 1 saturated heterocycles. The molecule has 0 bridgehead atoms. The van der Waals surface area contributed by atoms with Gasteiger partial charge in [-0.3, -0.25) is 10.1 Å². The van der Waals surface area contributed by atoms with Gasteiger partial charge in [-0.1, -0.05) is 0 Å². The maximum atomic E-state index is 10.9. The van der Waals surface area contributed by atoms with E-state index in [2.05, 4.69) is 10.6 Å². The van der Waals surface area contributed by atoms with Crippen molar-refractivity contribution in [2.45, 2.75) is 12.1 Å². The normalized spacial score (nSPS) is 22.2. The number of benzene rings is 1. The van der Waals surface area contributed by atoms with E-state index in [-0.39, 0.29) is 17.8 Å². The van der Waals surface area contributed by atoms with Crippen LogP contribution in [0.4, 0.5) is 11.4 Å². The monoisotopic (exact) mass is 267 g/mol. The Hall–Kier alpha value is -1.86. The van der Waals surface area contributed by atoms with E-state index < -0.39 is 4.92 Å². The third-order valence-electron chi connectivity index (χ3n) is 3.15. The first-order valence-electron chi connectivity index (χ1n) is 5.97. The number of methoxy groups -OCH3 is 2. The van der Waals surface area contributed by atoms with Gasteiger partial charge in [0.2, 0.25) is 0 Å². The predicted molar refractivity (Wildman–Crippen MR) is 70.7 cm³/mol. The van der Waals surface area contributed by atoms with Crippen LogP contribution in [-0.4, -0.2) is 44.4 Å². The van der Waals surface area contributed by atoms with E-state index >= 15 is 0 Å². The van der Waals surface area contributed by atoms with Gasteiger partial charge in [0.05, 0.1) is 30.2 Å².